The Morgan fingerprint density at radius 1 is 1.38 bits per heavy atom. The summed E-state index contributed by atoms with van der Waals surface area (Å²) in [5.74, 6) is 1.35. The Hall–Kier alpha value is -2.15. The van der Waals surface area contributed by atoms with Gasteiger partial charge in [-0.1, -0.05) is 10.6 Å². The summed E-state index contributed by atoms with van der Waals surface area (Å²) in [7, 11) is 0. The molecular formula is C14H15N3O3S. The van der Waals surface area contributed by atoms with Gasteiger partial charge >= 0.3 is 0 Å². The van der Waals surface area contributed by atoms with E-state index in [0.29, 0.717) is 12.2 Å². The van der Waals surface area contributed by atoms with E-state index in [2.05, 4.69) is 9.59 Å². The van der Waals surface area contributed by atoms with Gasteiger partial charge < -0.3 is 14.4 Å². The fraction of sp³-hybridized carbons (Fsp3) is 0.357. The van der Waals surface area contributed by atoms with Crippen molar-refractivity contribution in [2.45, 2.75) is 26.4 Å². The second-order valence-corrected chi connectivity index (χ2v) is 5.61. The maximum Gasteiger partial charge on any atom is 0.275 e. The van der Waals surface area contributed by atoms with Crippen molar-refractivity contribution in [1.29, 1.82) is 0 Å². The van der Waals surface area contributed by atoms with Crippen LogP contribution in [-0.4, -0.2) is 33.2 Å². The lowest BCUT2D eigenvalue weighted by Gasteiger charge is -2.26. The van der Waals surface area contributed by atoms with Crippen LogP contribution in [0.5, 0.6) is 11.5 Å². The first-order valence-electron chi connectivity index (χ1n) is 6.61. The maximum atomic E-state index is 12.5. The van der Waals surface area contributed by atoms with Crippen molar-refractivity contribution in [3.63, 3.8) is 0 Å². The summed E-state index contributed by atoms with van der Waals surface area (Å²) in [6.45, 7) is 4.69. The SMILES string of the molecule is CC(C)N(Cc1ccc2c(c1)OCO2)C(=O)c1csnn1. The van der Waals surface area contributed by atoms with Gasteiger partial charge in [0.2, 0.25) is 6.79 Å². The normalized spacial score (nSPS) is 12.7. The van der Waals surface area contributed by atoms with Crippen molar-refractivity contribution in [3.8, 4) is 11.5 Å². The molecule has 21 heavy (non-hydrogen) atoms. The average Bonchev–Trinajstić information content (AvgIpc) is 3.14. The van der Waals surface area contributed by atoms with Crippen LogP contribution in [0.15, 0.2) is 23.6 Å². The molecule has 1 aliphatic rings. The molecule has 0 fully saturated rings. The Bertz CT molecular complexity index is 643. The van der Waals surface area contributed by atoms with Crippen molar-refractivity contribution < 1.29 is 14.3 Å². The monoisotopic (exact) mass is 305 g/mol. The first-order valence-corrected chi connectivity index (χ1v) is 7.45. The zero-order chi connectivity index (χ0) is 14.8. The van der Waals surface area contributed by atoms with E-state index in [1.165, 1.54) is 11.5 Å². The number of carbonyl (C=O) groups excluding carboxylic acids is 1. The van der Waals surface area contributed by atoms with Crippen molar-refractivity contribution in [2.75, 3.05) is 6.79 Å². The number of aromatic nitrogens is 2. The van der Waals surface area contributed by atoms with Gasteiger partial charge in [0.25, 0.3) is 5.91 Å². The Balaban J connectivity index is 1.81. The number of carbonyl (C=O) groups is 1. The van der Waals surface area contributed by atoms with E-state index in [1.54, 1.807) is 10.3 Å². The minimum absolute atomic E-state index is 0.0598. The van der Waals surface area contributed by atoms with Gasteiger partial charge in [-0.3, -0.25) is 4.79 Å². The molecule has 0 spiro atoms. The van der Waals surface area contributed by atoms with E-state index < -0.39 is 0 Å². The van der Waals surface area contributed by atoms with Gasteiger partial charge in [0, 0.05) is 18.0 Å². The van der Waals surface area contributed by atoms with E-state index in [4.69, 9.17) is 9.47 Å². The number of fused-ring (bicyclic) bond motifs is 1. The highest BCUT2D eigenvalue weighted by atomic mass is 32.1. The summed E-state index contributed by atoms with van der Waals surface area (Å²) in [6, 6.07) is 5.77. The summed E-state index contributed by atoms with van der Waals surface area (Å²) in [6.07, 6.45) is 0. The molecule has 1 aromatic heterocycles. The smallest absolute Gasteiger partial charge is 0.275 e. The van der Waals surface area contributed by atoms with Crippen molar-refractivity contribution >= 4 is 17.4 Å². The second-order valence-electron chi connectivity index (χ2n) is 5.00. The van der Waals surface area contributed by atoms with Crippen LogP contribution in [0, 0.1) is 0 Å². The minimum Gasteiger partial charge on any atom is -0.454 e. The molecule has 110 valence electrons. The van der Waals surface area contributed by atoms with Crippen LogP contribution in [0.4, 0.5) is 0 Å². The number of rotatable bonds is 4. The lowest BCUT2D eigenvalue weighted by atomic mass is 10.1. The molecule has 6 nitrogen and oxygen atoms in total. The first kappa shape index (κ1) is 13.8. The van der Waals surface area contributed by atoms with E-state index in [-0.39, 0.29) is 18.7 Å². The van der Waals surface area contributed by atoms with Gasteiger partial charge in [-0.05, 0) is 43.1 Å². The van der Waals surface area contributed by atoms with Crippen molar-refractivity contribution in [1.82, 2.24) is 14.5 Å². The van der Waals surface area contributed by atoms with E-state index in [9.17, 15) is 4.79 Å². The molecule has 1 aliphatic heterocycles. The number of hydrogen-bond acceptors (Lipinski definition) is 6. The molecule has 0 unspecified atom stereocenters. The minimum atomic E-state index is -0.114. The number of nitrogens with zero attached hydrogens (tertiary/aromatic N) is 3. The molecule has 2 heterocycles. The molecule has 1 amide bonds. The highest BCUT2D eigenvalue weighted by Crippen LogP contribution is 2.33. The topological polar surface area (TPSA) is 64.6 Å². The summed E-state index contributed by atoms with van der Waals surface area (Å²) >= 11 is 1.17. The predicted octanol–water partition coefficient (Wildman–Crippen LogP) is 2.32. The summed E-state index contributed by atoms with van der Waals surface area (Å²) in [4.78, 5) is 14.2. The largest absolute Gasteiger partial charge is 0.454 e. The van der Waals surface area contributed by atoms with Crippen LogP contribution in [0.25, 0.3) is 0 Å². The Kier molecular flexibility index (Phi) is 3.74. The van der Waals surface area contributed by atoms with Crippen LogP contribution in [-0.2, 0) is 6.54 Å². The highest BCUT2D eigenvalue weighted by molar-refractivity contribution is 7.03. The zero-order valence-corrected chi connectivity index (χ0v) is 12.6. The van der Waals surface area contributed by atoms with Crippen LogP contribution < -0.4 is 9.47 Å². The fourth-order valence-corrected chi connectivity index (χ4v) is 2.56. The molecule has 3 rings (SSSR count). The van der Waals surface area contributed by atoms with Gasteiger partial charge in [-0.2, -0.15) is 0 Å². The van der Waals surface area contributed by atoms with Gasteiger partial charge in [0.05, 0.1) is 0 Å². The number of benzene rings is 1. The Morgan fingerprint density at radius 2 is 2.19 bits per heavy atom. The molecule has 0 N–H and O–H groups in total. The maximum absolute atomic E-state index is 12.5. The standard InChI is InChI=1S/C14H15N3O3S/c1-9(2)17(14(18)11-7-21-16-15-11)6-10-3-4-12-13(5-10)20-8-19-12/h3-5,7,9H,6,8H2,1-2H3. The van der Waals surface area contributed by atoms with Crippen molar-refractivity contribution in [2.24, 2.45) is 0 Å². The third kappa shape index (κ3) is 2.82. The van der Waals surface area contributed by atoms with Crippen LogP contribution in [0.3, 0.4) is 0 Å². The molecule has 0 saturated heterocycles. The number of ether oxygens (including phenoxy) is 2. The van der Waals surface area contributed by atoms with Gasteiger partial charge in [-0.25, -0.2) is 0 Å². The third-order valence-corrected chi connectivity index (χ3v) is 3.76. The molecule has 0 saturated carbocycles. The number of amides is 1. The average molecular weight is 305 g/mol. The molecule has 0 aliphatic carbocycles. The summed E-state index contributed by atoms with van der Waals surface area (Å²) in [5.41, 5.74) is 1.37. The summed E-state index contributed by atoms with van der Waals surface area (Å²) in [5, 5.41) is 5.52. The van der Waals surface area contributed by atoms with E-state index in [0.717, 1.165) is 17.1 Å². The molecule has 7 heteroatoms. The van der Waals surface area contributed by atoms with Gasteiger partial charge in [-0.15, -0.1) is 5.10 Å². The highest BCUT2D eigenvalue weighted by Gasteiger charge is 2.22. The van der Waals surface area contributed by atoms with E-state index >= 15 is 0 Å². The summed E-state index contributed by atoms with van der Waals surface area (Å²) < 4.78 is 14.4. The van der Waals surface area contributed by atoms with Crippen molar-refractivity contribution in [3.05, 3.63) is 34.8 Å². The fourth-order valence-electron chi connectivity index (χ4n) is 2.13. The second kappa shape index (κ2) is 5.69. The van der Waals surface area contributed by atoms with Gasteiger partial charge in [0.15, 0.2) is 17.2 Å². The molecule has 1 aromatic carbocycles. The zero-order valence-electron chi connectivity index (χ0n) is 11.8. The Morgan fingerprint density at radius 3 is 2.90 bits per heavy atom. The first-order chi connectivity index (χ1) is 10.1. The predicted molar refractivity (Wildman–Crippen MR) is 77.5 cm³/mol. The molecule has 0 atom stereocenters. The molecule has 2 aromatic rings. The molecule has 0 radical (unpaired) electrons. The van der Waals surface area contributed by atoms with Gasteiger partial charge in [0.1, 0.15) is 0 Å². The lowest BCUT2D eigenvalue weighted by molar-refractivity contribution is 0.0684. The quantitative estimate of drug-likeness (QED) is 0.867. The van der Waals surface area contributed by atoms with Crippen LogP contribution >= 0.6 is 11.5 Å². The Labute approximate surface area is 126 Å². The van der Waals surface area contributed by atoms with Crippen LogP contribution in [0.1, 0.15) is 29.9 Å². The molecular weight excluding hydrogens is 290 g/mol. The lowest BCUT2D eigenvalue weighted by Crippen LogP contribution is -2.36. The van der Waals surface area contributed by atoms with Crippen LogP contribution in [0.2, 0.25) is 0 Å². The van der Waals surface area contributed by atoms with E-state index in [1.807, 2.05) is 32.0 Å². The number of hydrogen-bond donors (Lipinski definition) is 0. The third-order valence-electron chi connectivity index (χ3n) is 3.25. The molecule has 0 bridgehead atoms.